The molecule has 138 valence electrons. The quantitative estimate of drug-likeness (QED) is 0.605. The van der Waals surface area contributed by atoms with Crippen LogP contribution in [-0.2, 0) is 33.5 Å². The highest BCUT2D eigenvalue weighted by atomic mass is 19.4. The molecule has 0 amide bonds. The number of nitrogens with two attached hydrogens (primary N) is 1. The fourth-order valence-corrected chi connectivity index (χ4v) is 2.27. The molecule has 0 saturated carbocycles. The summed E-state index contributed by atoms with van der Waals surface area (Å²) in [5.41, 5.74) is 2.80. The molecule has 1 unspecified atom stereocenters. The third-order valence-corrected chi connectivity index (χ3v) is 3.70. The Morgan fingerprint density at radius 2 is 1.62 bits per heavy atom. The van der Waals surface area contributed by atoms with E-state index in [0.717, 1.165) is 18.2 Å². The van der Waals surface area contributed by atoms with Crippen LogP contribution in [0.25, 0.3) is 0 Å². The van der Waals surface area contributed by atoms with Crippen molar-refractivity contribution >= 4 is 11.9 Å². The predicted molar refractivity (Wildman–Crippen MR) is 85.9 cm³/mol. The summed E-state index contributed by atoms with van der Waals surface area (Å²) in [5, 5.41) is 9.34. The van der Waals surface area contributed by atoms with Crippen molar-refractivity contribution in [2.75, 3.05) is 0 Å². The van der Waals surface area contributed by atoms with Crippen LogP contribution in [0.1, 0.15) is 16.7 Å². The van der Waals surface area contributed by atoms with E-state index < -0.39 is 35.6 Å². The van der Waals surface area contributed by atoms with Crippen molar-refractivity contribution in [3.05, 3.63) is 71.3 Å². The number of hydrogen-bond acceptors (Lipinski definition) is 4. The van der Waals surface area contributed by atoms with Gasteiger partial charge in [0.2, 0.25) is 5.54 Å². The third-order valence-electron chi connectivity index (χ3n) is 3.70. The van der Waals surface area contributed by atoms with Gasteiger partial charge in [-0.15, -0.1) is 0 Å². The summed E-state index contributed by atoms with van der Waals surface area (Å²) in [5.74, 6) is -2.92. The first-order valence-corrected chi connectivity index (χ1v) is 7.52. The number of carbonyl (C=O) groups excluding carboxylic acids is 1. The molecular formula is C18H16F3NO4. The van der Waals surface area contributed by atoms with E-state index >= 15 is 0 Å². The second kappa shape index (κ2) is 7.57. The summed E-state index contributed by atoms with van der Waals surface area (Å²) in [4.78, 5) is 23.7. The minimum Gasteiger partial charge on any atom is -0.479 e. The van der Waals surface area contributed by atoms with Gasteiger partial charge in [-0.3, -0.25) is 0 Å². The van der Waals surface area contributed by atoms with Gasteiger partial charge in [0.1, 0.15) is 6.61 Å². The Bertz CT molecular complexity index is 793. The molecule has 2 rings (SSSR count). The molecular weight excluding hydrogens is 351 g/mol. The van der Waals surface area contributed by atoms with E-state index in [-0.39, 0.29) is 12.2 Å². The summed E-state index contributed by atoms with van der Waals surface area (Å²) < 4.78 is 43.3. The molecule has 0 aliphatic rings. The number of alkyl halides is 3. The minimum atomic E-state index is -4.59. The van der Waals surface area contributed by atoms with Gasteiger partial charge >= 0.3 is 18.1 Å². The molecule has 0 spiro atoms. The topological polar surface area (TPSA) is 89.6 Å². The molecule has 0 fully saturated rings. The van der Waals surface area contributed by atoms with Gasteiger partial charge in [0.15, 0.2) is 0 Å². The summed E-state index contributed by atoms with van der Waals surface area (Å²) in [7, 11) is 0. The zero-order valence-corrected chi connectivity index (χ0v) is 13.5. The van der Waals surface area contributed by atoms with Gasteiger partial charge in [-0.1, -0.05) is 48.5 Å². The number of carbonyl (C=O) groups is 2. The van der Waals surface area contributed by atoms with Crippen molar-refractivity contribution < 1.29 is 32.6 Å². The Labute approximate surface area is 147 Å². The van der Waals surface area contributed by atoms with Crippen LogP contribution < -0.4 is 5.73 Å². The monoisotopic (exact) mass is 367 g/mol. The van der Waals surface area contributed by atoms with E-state index in [1.54, 1.807) is 30.3 Å². The number of carboxylic acids is 1. The zero-order valence-electron chi connectivity index (χ0n) is 13.5. The lowest BCUT2D eigenvalue weighted by Crippen LogP contribution is -2.57. The van der Waals surface area contributed by atoms with Crippen molar-refractivity contribution in [2.24, 2.45) is 5.73 Å². The highest BCUT2D eigenvalue weighted by Crippen LogP contribution is 2.30. The van der Waals surface area contributed by atoms with E-state index in [2.05, 4.69) is 0 Å². The summed E-state index contributed by atoms with van der Waals surface area (Å²) in [6, 6.07) is 12.5. The molecule has 0 aromatic heterocycles. The van der Waals surface area contributed by atoms with Crippen molar-refractivity contribution in [3.63, 3.8) is 0 Å². The number of hydrogen-bond donors (Lipinski definition) is 2. The largest absolute Gasteiger partial charge is 0.479 e. The second-order valence-electron chi connectivity index (χ2n) is 5.71. The lowest BCUT2D eigenvalue weighted by atomic mass is 9.91. The lowest BCUT2D eigenvalue weighted by molar-refractivity contribution is -0.161. The molecule has 0 aliphatic carbocycles. The van der Waals surface area contributed by atoms with E-state index in [1.165, 1.54) is 6.07 Å². The Hall–Kier alpha value is -2.87. The van der Waals surface area contributed by atoms with Crippen LogP contribution in [0.3, 0.4) is 0 Å². The predicted octanol–water partition coefficient (Wildman–Crippen LogP) is 2.77. The lowest BCUT2D eigenvalue weighted by Gasteiger charge is -2.23. The maximum atomic E-state index is 12.8. The molecule has 0 aliphatic heterocycles. The highest BCUT2D eigenvalue weighted by Gasteiger charge is 2.44. The SMILES string of the molecule is NC(Cc1cccc(C(F)(F)F)c1)(C(=O)O)C(=O)OCc1ccccc1. The number of halogens is 3. The Balaban J connectivity index is 2.18. The molecule has 2 aromatic rings. The van der Waals surface area contributed by atoms with Crippen molar-refractivity contribution in [1.82, 2.24) is 0 Å². The first-order valence-electron chi connectivity index (χ1n) is 7.52. The van der Waals surface area contributed by atoms with Crippen LogP contribution in [0.15, 0.2) is 54.6 Å². The smallest absolute Gasteiger partial charge is 0.416 e. The molecule has 0 radical (unpaired) electrons. The van der Waals surface area contributed by atoms with Gasteiger partial charge in [0.05, 0.1) is 5.56 Å². The van der Waals surface area contributed by atoms with E-state index in [9.17, 15) is 27.9 Å². The average molecular weight is 367 g/mol. The molecule has 1 atom stereocenters. The molecule has 26 heavy (non-hydrogen) atoms. The fraction of sp³-hybridized carbons (Fsp3) is 0.222. The second-order valence-corrected chi connectivity index (χ2v) is 5.71. The fourth-order valence-electron chi connectivity index (χ4n) is 2.27. The van der Waals surface area contributed by atoms with Crippen LogP contribution in [0.4, 0.5) is 13.2 Å². The molecule has 5 nitrogen and oxygen atoms in total. The van der Waals surface area contributed by atoms with E-state index in [1.807, 2.05) is 0 Å². The zero-order chi connectivity index (χ0) is 19.4. The Morgan fingerprint density at radius 1 is 1.00 bits per heavy atom. The number of benzene rings is 2. The normalized spacial score (nSPS) is 13.7. The highest BCUT2D eigenvalue weighted by molar-refractivity contribution is 6.04. The van der Waals surface area contributed by atoms with Gasteiger partial charge in [-0.25, -0.2) is 9.59 Å². The number of aliphatic carboxylic acids is 1. The summed E-state index contributed by atoms with van der Waals surface area (Å²) in [6.45, 7) is -0.200. The summed E-state index contributed by atoms with van der Waals surface area (Å²) in [6.07, 6.45) is -5.23. The molecule has 2 aromatic carbocycles. The van der Waals surface area contributed by atoms with Crippen molar-refractivity contribution in [1.29, 1.82) is 0 Å². The number of carboxylic acid groups (broad SMARTS) is 1. The third kappa shape index (κ3) is 4.60. The number of esters is 1. The van der Waals surface area contributed by atoms with Gasteiger partial charge in [-0.05, 0) is 17.2 Å². The van der Waals surface area contributed by atoms with Gasteiger partial charge in [0.25, 0.3) is 0 Å². The number of ether oxygens (including phenoxy) is 1. The standard InChI is InChI=1S/C18H16F3NO4/c19-18(20,21)14-8-4-7-13(9-14)10-17(22,15(23)24)16(25)26-11-12-5-2-1-3-6-12/h1-9H,10-11,22H2,(H,23,24). The molecule has 3 N–H and O–H groups in total. The van der Waals surface area contributed by atoms with Crippen molar-refractivity contribution in [3.8, 4) is 0 Å². The average Bonchev–Trinajstić information content (AvgIpc) is 2.59. The van der Waals surface area contributed by atoms with E-state index in [4.69, 9.17) is 10.5 Å². The maximum absolute atomic E-state index is 12.8. The van der Waals surface area contributed by atoms with Gasteiger partial charge in [-0.2, -0.15) is 13.2 Å². The van der Waals surface area contributed by atoms with Crippen LogP contribution in [0.5, 0.6) is 0 Å². The van der Waals surface area contributed by atoms with Gasteiger partial charge < -0.3 is 15.6 Å². The molecule has 0 heterocycles. The van der Waals surface area contributed by atoms with Crippen LogP contribution in [-0.4, -0.2) is 22.6 Å². The van der Waals surface area contributed by atoms with Crippen LogP contribution in [0, 0.1) is 0 Å². The molecule has 8 heteroatoms. The first-order chi connectivity index (χ1) is 12.1. The van der Waals surface area contributed by atoms with E-state index in [0.29, 0.717) is 5.56 Å². The van der Waals surface area contributed by atoms with Crippen LogP contribution in [0.2, 0.25) is 0 Å². The molecule has 0 saturated heterocycles. The van der Waals surface area contributed by atoms with Crippen molar-refractivity contribution in [2.45, 2.75) is 24.7 Å². The summed E-state index contributed by atoms with van der Waals surface area (Å²) >= 11 is 0. The van der Waals surface area contributed by atoms with Crippen LogP contribution >= 0.6 is 0 Å². The minimum absolute atomic E-state index is 0.0404. The Morgan fingerprint density at radius 3 is 2.19 bits per heavy atom. The molecule has 0 bridgehead atoms. The first kappa shape index (κ1) is 19.5. The Kier molecular flexibility index (Phi) is 5.66. The maximum Gasteiger partial charge on any atom is 0.416 e. The number of rotatable bonds is 6. The van der Waals surface area contributed by atoms with Gasteiger partial charge in [0, 0.05) is 6.42 Å².